The summed E-state index contributed by atoms with van der Waals surface area (Å²) < 4.78 is 9.24. The normalized spacial score (nSPS) is 11.4. The minimum absolute atomic E-state index is 0.00319. The summed E-state index contributed by atoms with van der Waals surface area (Å²) in [5.41, 5.74) is 4.74. The van der Waals surface area contributed by atoms with E-state index >= 15 is 0 Å². The number of aliphatic hydroxyl groups is 1. The molecule has 0 aliphatic rings. The minimum Gasteiger partial charge on any atom is -0.395 e. The molecule has 1 aromatic heterocycles. The molecule has 6 nitrogen and oxygen atoms in total. The number of amides is 1. The van der Waals surface area contributed by atoms with E-state index < -0.39 is 11.5 Å². The zero-order valence-electron chi connectivity index (χ0n) is 7.98. The van der Waals surface area contributed by atoms with Gasteiger partial charge in [-0.1, -0.05) is 13.8 Å². The largest absolute Gasteiger partial charge is 0.411 e. The van der Waals surface area contributed by atoms with Crippen molar-refractivity contribution >= 4 is 6.09 Å². The maximum Gasteiger partial charge on any atom is 0.411 e. The highest BCUT2D eigenvalue weighted by Gasteiger charge is 2.27. The van der Waals surface area contributed by atoms with Crippen LogP contribution >= 0.6 is 0 Å². The zero-order valence-corrected chi connectivity index (χ0v) is 7.98. The molecule has 0 aliphatic carbocycles. The standard InChI is InChI=1S/C8H12N2O4/c1-8(2,4-11)5-3-13-10-6(5)14-7(9)12/h3,11H,4H2,1-2H3,(H2,9,12). The van der Waals surface area contributed by atoms with Crippen LogP contribution in [0.2, 0.25) is 0 Å². The molecule has 1 rings (SSSR count). The molecule has 0 atom stereocenters. The van der Waals surface area contributed by atoms with Crippen molar-refractivity contribution in [1.29, 1.82) is 0 Å². The van der Waals surface area contributed by atoms with Gasteiger partial charge < -0.3 is 20.1 Å². The number of carbonyl (C=O) groups is 1. The van der Waals surface area contributed by atoms with E-state index in [4.69, 9.17) is 10.8 Å². The molecule has 0 bridgehead atoms. The predicted molar refractivity (Wildman–Crippen MR) is 46.8 cm³/mol. The van der Waals surface area contributed by atoms with Gasteiger partial charge in [0.15, 0.2) is 0 Å². The predicted octanol–water partition coefficient (Wildman–Crippen LogP) is 0.402. The smallest absolute Gasteiger partial charge is 0.395 e. The molecule has 0 fully saturated rings. The number of primary amides is 1. The fourth-order valence-electron chi connectivity index (χ4n) is 0.930. The highest BCUT2D eigenvalue weighted by atomic mass is 16.6. The van der Waals surface area contributed by atoms with E-state index in [0.717, 1.165) is 0 Å². The van der Waals surface area contributed by atoms with Crippen LogP contribution in [0, 0.1) is 0 Å². The average molecular weight is 200 g/mol. The van der Waals surface area contributed by atoms with Gasteiger partial charge in [0.05, 0.1) is 12.2 Å². The van der Waals surface area contributed by atoms with Crippen LogP contribution in [0.4, 0.5) is 4.79 Å². The maximum absolute atomic E-state index is 10.5. The lowest BCUT2D eigenvalue weighted by atomic mass is 9.88. The van der Waals surface area contributed by atoms with Crippen molar-refractivity contribution in [3.05, 3.63) is 11.8 Å². The van der Waals surface area contributed by atoms with E-state index in [1.54, 1.807) is 13.8 Å². The van der Waals surface area contributed by atoms with Crippen LogP contribution in [0.1, 0.15) is 19.4 Å². The van der Waals surface area contributed by atoms with E-state index in [1.807, 2.05) is 0 Å². The summed E-state index contributed by atoms with van der Waals surface area (Å²) in [4.78, 5) is 10.5. The van der Waals surface area contributed by atoms with Crippen LogP contribution in [0.5, 0.6) is 5.88 Å². The first-order valence-electron chi connectivity index (χ1n) is 4.00. The Hall–Kier alpha value is -1.56. The Morgan fingerprint density at radius 1 is 1.79 bits per heavy atom. The average Bonchev–Trinajstić information content (AvgIpc) is 2.52. The third-order valence-electron chi connectivity index (χ3n) is 1.86. The van der Waals surface area contributed by atoms with Crippen molar-refractivity contribution in [3.63, 3.8) is 0 Å². The number of nitrogens with two attached hydrogens (primary N) is 1. The molecule has 0 spiro atoms. The lowest BCUT2D eigenvalue weighted by Gasteiger charge is -2.19. The molecule has 0 aromatic carbocycles. The Morgan fingerprint density at radius 3 is 2.93 bits per heavy atom. The molecule has 0 aliphatic heterocycles. The van der Waals surface area contributed by atoms with Crippen LogP contribution in [0.15, 0.2) is 10.8 Å². The first-order chi connectivity index (χ1) is 6.47. The molecule has 0 unspecified atom stereocenters. The van der Waals surface area contributed by atoms with Gasteiger partial charge in [-0.3, -0.25) is 0 Å². The number of ether oxygens (including phenoxy) is 1. The molecular formula is C8H12N2O4. The quantitative estimate of drug-likeness (QED) is 0.735. The minimum atomic E-state index is -0.964. The first-order valence-corrected chi connectivity index (χ1v) is 4.00. The first kappa shape index (κ1) is 10.5. The highest BCUT2D eigenvalue weighted by Crippen LogP contribution is 2.30. The molecule has 78 valence electrons. The fourth-order valence-corrected chi connectivity index (χ4v) is 0.930. The van der Waals surface area contributed by atoms with E-state index in [0.29, 0.717) is 5.56 Å². The second-order valence-electron chi connectivity index (χ2n) is 3.50. The summed E-state index contributed by atoms with van der Waals surface area (Å²) in [6.07, 6.45) is 0.350. The van der Waals surface area contributed by atoms with Crippen LogP contribution in [-0.4, -0.2) is 23.0 Å². The lowest BCUT2D eigenvalue weighted by Crippen LogP contribution is -2.24. The van der Waals surface area contributed by atoms with Gasteiger partial charge in [-0.2, -0.15) is 0 Å². The molecule has 0 saturated heterocycles. The molecule has 1 amide bonds. The second kappa shape index (κ2) is 3.67. The Balaban J connectivity index is 2.98. The number of hydrogen-bond acceptors (Lipinski definition) is 5. The number of hydrogen-bond donors (Lipinski definition) is 2. The summed E-state index contributed by atoms with van der Waals surface area (Å²) in [7, 11) is 0. The van der Waals surface area contributed by atoms with E-state index in [9.17, 15) is 4.79 Å². The fraction of sp³-hybridized carbons (Fsp3) is 0.500. The molecule has 14 heavy (non-hydrogen) atoms. The van der Waals surface area contributed by atoms with Gasteiger partial charge in [-0.15, -0.1) is 0 Å². The van der Waals surface area contributed by atoms with Crippen molar-refractivity contribution in [2.24, 2.45) is 5.73 Å². The van der Waals surface area contributed by atoms with Crippen LogP contribution in [0.25, 0.3) is 0 Å². The van der Waals surface area contributed by atoms with Crippen LogP contribution < -0.4 is 10.5 Å². The molecule has 0 saturated carbocycles. The topological polar surface area (TPSA) is 98.6 Å². The monoisotopic (exact) mass is 200 g/mol. The SMILES string of the molecule is CC(C)(CO)c1conc1OC(N)=O. The van der Waals surface area contributed by atoms with Crippen molar-refractivity contribution < 1.29 is 19.2 Å². The molecule has 3 N–H and O–H groups in total. The van der Waals surface area contributed by atoms with E-state index in [-0.39, 0.29) is 12.5 Å². The number of rotatable bonds is 3. The van der Waals surface area contributed by atoms with Crippen molar-refractivity contribution in [2.45, 2.75) is 19.3 Å². The molecule has 1 aromatic rings. The third kappa shape index (κ3) is 2.02. The maximum atomic E-state index is 10.5. The number of nitrogens with zero attached hydrogens (tertiary/aromatic N) is 1. The molecular weight excluding hydrogens is 188 g/mol. The lowest BCUT2D eigenvalue weighted by molar-refractivity contribution is 0.199. The van der Waals surface area contributed by atoms with Crippen molar-refractivity contribution in [2.75, 3.05) is 6.61 Å². The van der Waals surface area contributed by atoms with Crippen molar-refractivity contribution in [1.82, 2.24) is 5.16 Å². The van der Waals surface area contributed by atoms with Gasteiger partial charge in [-0.25, -0.2) is 4.79 Å². The van der Waals surface area contributed by atoms with Crippen molar-refractivity contribution in [3.8, 4) is 5.88 Å². The Kier molecular flexibility index (Phi) is 2.76. The van der Waals surface area contributed by atoms with Gasteiger partial charge in [0.2, 0.25) is 0 Å². The van der Waals surface area contributed by atoms with Gasteiger partial charge in [0.1, 0.15) is 6.26 Å². The second-order valence-corrected chi connectivity index (χ2v) is 3.50. The summed E-state index contributed by atoms with van der Waals surface area (Å²) in [5.74, 6) is -0.00319. The number of carbonyl (C=O) groups excluding carboxylic acids is 1. The Labute approximate surface area is 80.6 Å². The summed E-state index contributed by atoms with van der Waals surface area (Å²) in [6.45, 7) is 3.39. The molecule has 1 heterocycles. The highest BCUT2D eigenvalue weighted by molar-refractivity contribution is 5.67. The summed E-state index contributed by atoms with van der Waals surface area (Å²) >= 11 is 0. The van der Waals surface area contributed by atoms with E-state index in [2.05, 4.69) is 14.4 Å². The van der Waals surface area contributed by atoms with Crippen LogP contribution in [0.3, 0.4) is 0 Å². The summed E-state index contributed by atoms with van der Waals surface area (Å²) in [6, 6.07) is 0. The summed E-state index contributed by atoms with van der Waals surface area (Å²) in [5, 5.41) is 12.5. The van der Waals surface area contributed by atoms with E-state index in [1.165, 1.54) is 6.26 Å². The van der Waals surface area contributed by atoms with Gasteiger partial charge in [0.25, 0.3) is 5.88 Å². The Bertz CT molecular complexity index is 332. The molecule has 0 radical (unpaired) electrons. The third-order valence-corrected chi connectivity index (χ3v) is 1.86. The number of aromatic nitrogens is 1. The Morgan fingerprint density at radius 2 is 2.43 bits per heavy atom. The molecule has 6 heteroatoms. The van der Waals surface area contributed by atoms with Gasteiger partial charge in [0, 0.05) is 5.41 Å². The van der Waals surface area contributed by atoms with Gasteiger partial charge >= 0.3 is 6.09 Å². The number of aliphatic hydroxyl groups excluding tert-OH is 1. The van der Waals surface area contributed by atoms with Crippen LogP contribution in [-0.2, 0) is 5.41 Å². The van der Waals surface area contributed by atoms with Gasteiger partial charge in [-0.05, 0) is 5.16 Å². The zero-order chi connectivity index (χ0) is 10.8.